The summed E-state index contributed by atoms with van der Waals surface area (Å²) >= 11 is 12.0. The molecule has 1 aliphatic rings. The summed E-state index contributed by atoms with van der Waals surface area (Å²) in [5, 5.41) is 5.44. The second-order valence-electron chi connectivity index (χ2n) is 8.35. The molecule has 0 aliphatic carbocycles. The van der Waals surface area contributed by atoms with Crippen molar-refractivity contribution in [3.8, 4) is 5.75 Å². The minimum Gasteiger partial charge on any atom is -0.497 e. The normalized spacial score (nSPS) is 14.2. The van der Waals surface area contributed by atoms with Crippen molar-refractivity contribution in [1.82, 2.24) is 14.8 Å². The van der Waals surface area contributed by atoms with E-state index in [-0.39, 0.29) is 5.56 Å². The van der Waals surface area contributed by atoms with Crippen LogP contribution in [0, 0.1) is 6.92 Å². The van der Waals surface area contributed by atoms with Gasteiger partial charge in [0.1, 0.15) is 5.75 Å². The number of methoxy groups -OCH3 is 1. The van der Waals surface area contributed by atoms with E-state index in [4.69, 9.17) is 33.3 Å². The number of aromatic nitrogens is 1. The Hall–Kier alpha value is -2.65. The van der Waals surface area contributed by atoms with E-state index < -0.39 is 0 Å². The fourth-order valence-corrected chi connectivity index (χ4v) is 4.36. The van der Waals surface area contributed by atoms with E-state index in [0.29, 0.717) is 28.8 Å². The minimum atomic E-state index is -0.143. The van der Waals surface area contributed by atoms with Gasteiger partial charge in [0, 0.05) is 48.0 Å². The van der Waals surface area contributed by atoms with E-state index in [2.05, 4.69) is 15.2 Å². The number of fused-ring (bicyclic) bond motifs is 1. The molecule has 2 heterocycles. The van der Waals surface area contributed by atoms with Crippen molar-refractivity contribution in [1.29, 1.82) is 0 Å². The Kier molecular flexibility index (Phi) is 8.05. The highest BCUT2D eigenvalue weighted by Crippen LogP contribution is 2.22. The molecule has 0 bridgehead atoms. The molecule has 34 heavy (non-hydrogen) atoms. The molecule has 0 atom stereocenters. The van der Waals surface area contributed by atoms with Gasteiger partial charge in [0.05, 0.1) is 26.9 Å². The van der Waals surface area contributed by atoms with E-state index in [9.17, 15) is 4.79 Å². The number of halogens is 1. The first-order chi connectivity index (χ1) is 16.4. The highest BCUT2D eigenvalue weighted by atomic mass is 35.5. The van der Waals surface area contributed by atoms with Gasteiger partial charge in [0.2, 0.25) is 0 Å². The van der Waals surface area contributed by atoms with Crippen molar-refractivity contribution in [2.45, 2.75) is 13.5 Å². The number of benzene rings is 2. The van der Waals surface area contributed by atoms with Gasteiger partial charge in [-0.25, -0.2) is 0 Å². The minimum absolute atomic E-state index is 0.143. The Labute approximate surface area is 209 Å². The van der Waals surface area contributed by atoms with Crippen LogP contribution < -0.4 is 15.6 Å². The predicted molar refractivity (Wildman–Crippen MR) is 141 cm³/mol. The van der Waals surface area contributed by atoms with Gasteiger partial charge >= 0.3 is 0 Å². The predicted octanol–water partition coefficient (Wildman–Crippen LogP) is 4.03. The molecule has 1 aliphatic heterocycles. The summed E-state index contributed by atoms with van der Waals surface area (Å²) in [6, 6.07) is 13.3. The Morgan fingerprint density at radius 3 is 2.68 bits per heavy atom. The van der Waals surface area contributed by atoms with Gasteiger partial charge in [-0.1, -0.05) is 11.6 Å². The average Bonchev–Trinajstić information content (AvgIpc) is 2.84. The third-order valence-corrected chi connectivity index (χ3v) is 6.75. The number of rotatable bonds is 7. The van der Waals surface area contributed by atoms with Crippen molar-refractivity contribution in [3.63, 3.8) is 0 Å². The van der Waals surface area contributed by atoms with Crippen LogP contribution in [0.5, 0.6) is 5.75 Å². The molecule has 0 saturated carbocycles. The van der Waals surface area contributed by atoms with Gasteiger partial charge in [-0.2, -0.15) is 0 Å². The van der Waals surface area contributed by atoms with Crippen molar-refractivity contribution in [3.05, 3.63) is 69.0 Å². The molecular weight excluding hydrogens is 472 g/mol. The van der Waals surface area contributed by atoms with E-state index in [0.717, 1.165) is 60.8 Å². The smallest absolute Gasteiger partial charge is 0.253 e. The maximum atomic E-state index is 12.9. The number of hydrogen-bond acceptors (Lipinski definition) is 5. The van der Waals surface area contributed by atoms with Gasteiger partial charge in [0.25, 0.3) is 5.56 Å². The standard InChI is InChI=1S/C25H29ClN4O3S/c1-17-13-18-14-19(24(31)28-23(18)15-22(17)26)16-30(8-7-29-9-11-33-12-10-29)25(34)27-20-3-5-21(32-2)6-4-20/h3-6,13-15H,7-12,16H2,1-2H3,(H,27,34)(H,28,31). The summed E-state index contributed by atoms with van der Waals surface area (Å²) in [6.07, 6.45) is 0. The molecule has 1 saturated heterocycles. The van der Waals surface area contributed by atoms with Gasteiger partial charge in [0.15, 0.2) is 5.11 Å². The SMILES string of the molecule is COc1ccc(NC(=S)N(CCN2CCOCC2)Cc2cc3cc(C)c(Cl)cc3[nH]c2=O)cc1. The molecule has 4 rings (SSSR count). The lowest BCUT2D eigenvalue weighted by Gasteiger charge is -2.31. The van der Waals surface area contributed by atoms with Crippen LogP contribution >= 0.6 is 23.8 Å². The molecule has 0 spiro atoms. The number of hydrogen-bond donors (Lipinski definition) is 2. The number of thiocarbonyl (C=S) groups is 1. The number of pyridine rings is 1. The summed E-state index contributed by atoms with van der Waals surface area (Å²) in [5.41, 5.74) is 3.06. The molecule has 180 valence electrons. The van der Waals surface area contributed by atoms with Crippen molar-refractivity contribution >= 4 is 45.5 Å². The van der Waals surface area contributed by atoms with Gasteiger partial charge < -0.3 is 24.7 Å². The third kappa shape index (κ3) is 6.07. The summed E-state index contributed by atoms with van der Waals surface area (Å²) in [4.78, 5) is 20.2. The molecule has 3 aromatic rings. The number of nitrogens with zero attached hydrogens (tertiary/aromatic N) is 2. The molecule has 0 radical (unpaired) electrons. The maximum absolute atomic E-state index is 12.9. The van der Waals surface area contributed by atoms with E-state index in [1.54, 1.807) is 13.2 Å². The molecule has 2 N–H and O–H groups in total. The van der Waals surface area contributed by atoms with Crippen LogP contribution in [0.2, 0.25) is 5.02 Å². The zero-order chi connectivity index (χ0) is 24.1. The van der Waals surface area contributed by atoms with Crippen molar-refractivity contribution < 1.29 is 9.47 Å². The zero-order valence-corrected chi connectivity index (χ0v) is 21.0. The highest BCUT2D eigenvalue weighted by Gasteiger charge is 2.17. The zero-order valence-electron chi connectivity index (χ0n) is 19.4. The monoisotopic (exact) mass is 500 g/mol. The van der Waals surface area contributed by atoms with Crippen LogP contribution in [0.3, 0.4) is 0 Å². The molecule has 9 heteroatoms. The van der Waals surface area contributed by atoms with Crippen LogP contribution in [-0.4, -0.2) is 66.4 Å². The van der Waals surface area contributed by atoms with Crippen molar-refractivity contribution in [2.24, 2.45) is 0 Å². The van der Waals surface area contributed by atoms with E-state index >= 15 is 0 Å². The fourth-order valence-electron chi connectivity index (χ4n) is 3.93. The Balaban J connectivity index is 1.56. The Morgan fingerprint density at radius 2 is 1.97 bits per heavy atom. The molecule has 1 aromatic heterocycles. The number of ether oxygens (including phenoxy) is 2. The lowest BCUT2D eigenvalue weighted by Crippen LogP contribution is -2.44. The first-order valence-corrected chi connectivity index (χ1v) is 12.0. The second-order valence-corrected chi connectivity index (χ2v) is 9.14. The summed E-state index contributed by atoms with van der Waals surface area (Å²) in [6.45, 7) is 7.11. The fraction of sp³-hybridized carbons (Fsp3) is 0.360. The summed E-state index contributed by atoms with van der Waals surface area (Å²) in [5.74, 6) is 0.777. The number of aryl methyl sites for hydroxylation is 1. The molecule has 0 amide bonds. The van der Waals surface area contributed by atoms with E-state index in [1.807, 2.05) is 48.2 Å². The van der Waals surface area contributed by atoms with Crippen LogP contribution in [-0.2, 0) is 11.3 Å². The molecule has 0 unspecified atom stereocenters. The van der Waals surface area contributed by atoms with Crippen LogP contribution in [0.1, 0.15) is 11.1 Å². The Morgan fingerprint density at radius 1 is 1.24 bits per heavy atom. The average molecular weight is 501 g/mol. The second kappa shape index (κ2) is 11.2. The largest absolute Gasteiger partial charge is 0.497 e. The van der Waals surface area contributed by atoms with Crippen LogP contribution in [0.4, 0.5) is 5.69 Å². The third-order valence-electron chi connectivity index (χ3n) is 5.98. The lowest BCUT2D eigenvalue weighted by atomic mass is 10.1. The quantitative estimate of drug-likeness (QED) is 0.475. The highest BCUT2D eigenvalue weighted by molar-refractivity contribution is 7.80. The van der Waals surface area contributed by atoms with Crippen molar-refractivity contribution in [2.75, 3.05) is 51.8 Å². The topological polar surface area (TPSA) is 69.8 Å². The lowest BCUT2D eigenvalue weighted by molar-refractivity contribution is 0.0358. The number of H-pyrrole nitrogens is 1. The molecule has 1 fully saturated rings. The molecule has 7 nitrogen and oxygen atoms in total. The first-order valence-electron chi connectivity index (χ1n) is 11.2. The number of aromatic amines is 1. The molecule has 2 aromatic carbocycles. The maximum Gasteiger partial charge on any atom is 0.253 e. The van der Waals surface area contributed by atoms with Gasteiger partial charge in [-0.3, -0.25) is 9.69 Å². The Bertz CT molecular complexity index is 1210. The van der Waals surface area contributed by atoms with E-state index in [1.165, 1.54) is 0 Å². The summed E-state index contributed by atoms with van der Waals surface area (Å²) < 4.78 is 10.7. The molecular formula is C25H29ClN4O3S. The number of anilines is 1. The number of nitrogens with one attached hydrogen (secondary N) is 2. The van der Waals surface area contributed by atoms with Crippen LogP contribution in [0.15, 0.2) is 47.3 Å². The van der Waals surface area contributed by atoms with Gasteiger partial charge in [-0.15, -0.1) is 0 Å². The van der Waals surface area contributed by atoms with Gasteiger partial charge in [-0.05, 0) is 72.6 Å². The summed E-state index contributed by atoms with van der Waals surface area (Å²) in [7, 11) is 1.64. The first kappa shape index (κ1) is 24.5. The van der Waals surface area contributed by atoms with Crippen LogP contribution in [0.25, 0.3) is 10.9 Å². The number of morpholine rings is 1.